The summed E-state index contributed by atoms with van der Waals surface area (Å²) in [5, 5.41) is 3.13. The minimum Gasteiger partial charge on any atom is -0.486 e. The van der Waals surface area contributed by atoms with Crippen molar-refractivity contribution in [3.05, 3.63) is 23.8 Å². The van der Waals surface area contributed by atoms with E-state index in [1.54, 1.807) is 0 Å². The van der Waals surface area contributed by atoms with E-state index < -0.39 is 0 Å². The summed E-state index contributed by atoms with van der Waals surface area (Å²) in [4.78, 5) is 15.0. The number of nitrogens with one attached hydrogen (secondary N) is 1. The van der Waals surface area contributed by atoms with Gasteiger partial charge in [0.2, 0.25) is 5.91 Å². The van der Waals surface area contributed by atoms with E-state index in [1.807, 2.05) is 32.0 Å². The molecule has 2 heterocycles. The Balaban J connectivity index is 1.62. The van der Waals surface area contributed by atoms with Crippen molar-refractivity contribution in [2.75, 3.05) is 26.3 Å². The van der Waals surface area contributed by atoms with Gasteiger partial charge < -0.3 is 20.5 Å². The molecule has 2 aliphatic heterocycles. The summed E-state index contributed by atoms with van der Waals surface area (Å²) >= 11 is 0. The van der Waals surface area contributed by atoms with Gasteiger partial charge in [0.1, 0.15) is 13.2 Å². The zero-order valence-corrected chi connectivity index (χ0v) is 16.2. The highest BCUT2D eigenvalue weighted by molar-refractivity contribution is 5.81. The van der Waals surface area contributed by atoms with Crippen LogP contribution in [-0.2, 0) is 4.79 Å². The molecule has 1 amide bonds. The number of piperidine rings is 1. The first kappa shape index (κ1) is 19.0. The van der Waals surface area contributed by atoms with E-state index in [1.165, 1.54) is 0 Å². The van der Waals surface area contributed by atoms with Gasteiger partial charge in [-0.05, 0) is 43.4 Å². The average molecular weight is 361 g/mol. The molecule has 6 nitrogen and oxygen atoms in total. The van der Waals surface area contributed by atoms with Gasteiger partial charge in [0.15, 0.2) is 11.5 Å². The van der Waals surface area contributed by atoms with Crippen molar-refractivity contribution in [1.29, 1.82) is 0 Å². The highest BCUT2D eigenvalue weighted by Gasteiger charge is 2.36. The number of ether oxygens (including phenoxy) is 2. The molecule has 1 aromatic rings. The summed E-state index contributed by atoms with van der Waals surface area (Å²) in [6, 6.07) is 5.75. The molecule has 0 aliphatic carbocycles. The van der Waals surface area contributed by atoms with E-state index in [4.69, 9.17) is 15.2 Å². The van der Waals surface area contributed by atoms with E-state index in [0.717, 1.165) is 36.6 Å². The highest BCUT2D eigenvalue weighted by atomic mass is 16.6. The third-order valence-electron chi connectivity index (χ3n) is 5.69. The Hall–Kier alpha value is -1.79. The molecule has 6 heteroatoms. The number of benzene rings is 1. The molecule has 0 saturated carbocycles. The van der Waals surface area contributed by atoms with Crippen LogP contribution in [0, 0.1) is 5.41 Å². The quantitative estimate of drug-likeness (QED) is 0.859. The van der Waals surface area contributed by atoms with Crippen molar-refractivity contribution in [2.45, 2.75) is 52.2 Å². The lowest BCUT2D eigenvalue weighted by Crippen LogP contribution is -2.57. The predicted molar refractivity (Wildman–Crippen MR) is 101 cm³/mol. The smallest absolute Gasteiger partial charge is 0.237 e. The normalized spacial score (nSPS) is 24.6. The summed E-state index contributed by atoms with van der Waals surface area (Å²) in [5.74, 6) is 1.55. The monoisotopic (exact) mass is 361 g/mol. The van der Waals surface area contributed by atoms with Crippen LogP contribution >= 0.6 is 0 Å². The number of nitrogens with zero attached hydrogens (tertiary/aromatic N) is 1. The van der Waals surface area contributed by atoms with Crippen LogP contribution in [0.3, 0.4) is 0 Å². The van der Waals surface area contributed by atoms with E-state index in [-0.39, 0.29) is 29.4 Å². The number of hydrogen-bond donors (Lipinski definition) is 2. The van der Waals surface area contributed by atoms with Gasteiger partial charge in [-0.15, -0.1) is 0 Å². The van der Waals surface area contributed by atoms with Gasteiger partial charge in [-0.2, -0.15) is 0 Å². The molecule has 1 saturated heterocycles. The molecule has 2 aliphatic rings. The van der Waals surface area contributed by atoms with Crippen molar-refractivity contribution < 1.29 is 14.3 Å². The number of likely N-dealkylation sites (tertiary alicyclic amines) is 1. The van der Waals surface area contributed by atoms with Gasteiger partial charge in [-0.1, -0.05) is 19.9 Å². The zero-order valence-electron chi connectivity index (χ0n) is 16.2. The lowest BCUT2D eigenvalue weighted by molar-refractivity contribution is -0.127. The Morgan fingerprint density at radius 1 is 1.27 bits per heavy atom. The molecule has 0 spiro atoms. The molecule has 3 rings (SSSR count). The molecule has 0 aromatic heterocycles. The minimum atomic E-state index is -0.179. The number of amides is 1. The second kappa shape index (κ2) is 7.45. The Kier molecular flexibility index (Phi) is 5.44. The lowest BCUT2D eigenvalue weighted by Gasteiger charge is -2.44. The first-order valence-electron chi connectivity index (χ1n) is 9.47. The summed E-state index contributed by atoms with van der Waals surface area (Å²) < 4.78 is 11.2. The second-order valence-corrected chi connectivity index (χ2v) is 8.16. The van der Waals surface area contributed by atoms with Crippen LogP contribution in [0.15, 0.2) is 18.2 Å². The van der Waals surface area contributed by atoms with Gasteiger partial charge in [-0.3, -0.25) is 9.69 Å². The number of nitrogens with two attached hydrogens (primary N) is 1. The highest BCUT2D eigenvalue weighted by Crippen LogP contribution is 2.33. The van der Waals surface area contributed by atoms with Crippen LogP contribution < -0.4 is 20.5 Å². The molecule has 3 unspecified atom stereocenters. The van der Waals surface area contributed by atoms with Crippen molar-refractivity contribution in [3.63, 3.8) is 0 Å². The van der Waals surface area contributed by atoms with Crippen LogP contribution in [0.4, 0.5) is 0 Å². The number of hydrogen-bond acceptors (Lipinski definition) is 5. The lowest BCUT2D eigenvalue weighted by atomic mass is 9.79. The van der Waals surface area contributed by atoms with Gasteiger partial charge in [0.25, 0.3) is 0 Å². The Morgan fingerprint density at radius 2 is 1.96 bits per heavy atom. The van der Waals surface area contributed by atoms with Crippen LogP contribution in [0.2, 0.25) is 0 Å². The van der Waals surface area contributed by atoms with Gasteiger partial charge in [0, 0.05) is 19.1 Å². The Morgan fingerprint density at radius 3 is 2.65 bits per heavy atom. The molecule has 26 heavy (non-hydrogen) atoms. The Bertz CT molecular complexity index is 662. The predicted octanol–water partition coefficient (Wildman–Crippen LogP) is 2.08. The minimum absolute atomic E-state index is 0.0221. The molecule has 0 bridgehead atoms. The molecule has 1 aromatic carbocycles. The van der Waals surface area contributed by atoms with Crippen LogP contribution in [-0.4, -0.2) is 49.2 Å². The SMILES string of the molecule is CC(NC(=O)C(C)N1CCC(N)C(C)(C)C1)c1ccc2c(c1)OCCO2. The second-order valence-electron chi connectivity index (χ2n) is 8.16. The summed E-state index contributed by atoms with van der Waals surface area (Å²) in [6.07, 6.45) is 0.919. The van der Waals surface area contributed by atoms with E-state index in [2.05, 4.69) is 24.1 Å². The first-order valence-corrected chi connectivity index (χ1v) is 9.47. The fourth-order valence-corrected chi connectivity index (χ4v) is 3.66. The maximum atomic E-state index is 12.8. The van der Waals surface area contributed by atoms with Crippen molar-refractivity contribution in [2.24, 2.45) is 11.1 Å². The molecule has 0 radical (unpaired) electrons. The van der Waals surface area contributed by atoms with E-state index >= 15 is 0 Å². The topological polar surface area (TPSA) is 76.8 Å². The maximum absolute atomic E-state index is 12.8. The zero-order chi connectivity index (χ0) is 18.9. The molecular formula is C20H31N3O3. The molecule has 3 atom stereocenters. The van der Waals surface area contributed by atoms with E-state index in [0.29, 0.717) is 13.2 Å². The summed E-state index contributed by atoms with van der Waals surface area (Å²) in [6.45, 7) is 11.1. The van der Waals surface area contributed by atoms with Gasteiger partial charge in [0.05, 0.1) is 12.1 Å². The molecule has 1 fully saturated rings. The largest absolute Gasteiger partial charge is 0.486 e. The standard InChI is InChI=1S/C20H31N3O3/c1-13(15-5-6-16-17(11-15)26-10-9-25-16)22-19(24)14(2)23-8-7-18(21)20(3,4)12-23/h5-6,11,13-14,18H,7-10,12,21H2,1-4H3,(H,22,24). The van der Waals surface area contributed by atoms with Crippen LogP contribution in [0.5, 0.6) is 11.5 Å². The van der Waals surface area contributed by atoms with Crippen molar-refractivity contribution in [1.82, 2.24) is 10.2 Å². The maximum Gasteiger partial charge on any atom is 0.237 e. The number of rotatable bonds is 4. The molecular weight excluding hydrogens is 330 g/mol. The van der Waals surface area contributed by atoms with Crippen molar-refractivity contribution in [3.8, 4) is 11.5 Å². The number of carbonyl (C=O) groups is 1. The van der Waals surface area contributed by atoms with Crippen LogP contribution in [0.25, 0.3) is 0 Å². The molecule has 3 N–H and O–H groups in total. The number of fused-ring (bicyclic) bond motifs is 1. The van der Waals surface area contributed by atoms with Crippen molar-refractivity contribution >= 4 is 5.91 Å². The van der Waals surface area contributed by atoms with Gasteiger partial charge in [-0.25, -0.2) is 0 Å². The number of carbonyl (C=O) groups excluding carboxylic acids is 1. The summed E-state index contributed by atoms with van der Waals surface area (Å²) in [5.41, 5.74) is 7.25. The Labute approximate surface area is 156 Å². The third kappa shape index (κ3) is 3.96. The first-order chi connectivity index (χ1) is 12.3. The average Bonchev–Trinajstić information content (AvgIpc) is 2.62. The van der Waals surface area contributed by atoms with Crippen LogP contribution in [0.1, 0.15) is 45.7 Å². The van der Waals surface area contributed by atoms with Gasteiger partial charge >= 0.3 is 0 Å². The summed E-state index contributed by atoms with van der Waals surface area (Å²) in [7, 11) is 0. The van der Waals surface area contributed by atoms with E-state index in [9.17, 15) is 4.79 Å². The molecule has 144 valence electrons. The third-order valence-corrected chi connectivity index (χ3v) is 5.69. The fourth-order valence-electron chi connectivity index (χ4n) is 3.66. The fraction of sp³-hybridized carbons (Fsp3) is 0.650.